The van der Waals surface area contributed by atoms with E-state index in [9.17, 15) is 14.0 Å². The third-order valence-electron chi connectivity index (χ3n) is 5.70. The van der Waals surface area contributed by atoms with Crippen LogP contribution >= 0.6 is 25.0 Å². The van der Waals surface area contributed by atoms with Gasteiger partial charge in [0.25, 0.3) is 0 Å². The summed E-state index contributed by atoms with van der Waals surface area (Å²) in [7, 11) is 1.30. The number of benzene rings is 1. The maximum Gasteiger partial charge on any atom is 0.327 e. The number of esters is 1. The molecule has 0 amide bonds. The van der Waals surface area contributed by atoms with E-state index >= 15 is 0 Å². The van der Waals surface area contributed by atoms with Crippen molar-refractivity contribution in [2.45, 2.75) is 37.1 Å². The number of carbonyl (C=O) groups excluding carboxylic acids is 2. The molecule has 8 nitrogen and oxygen atoms in total. The quantitative estimate of drug-likeness (QED) is 0.480. The minimum atomic E-state index is -0.635. The van der Waals surface area contributed by atoms with Crippen LogP contribution < -0.4 is 0 Å². The molecule has 1 aliphatic carbocycles. The average molecular weight is 482 g/mol. The van der Waals surface area contributed by atoms with Gasteiger partial charge in [0, 0.05) is 29.8 Å². The molecule has 2 aromatic rings. The van der Waals surface area contributed by atoms with Gasteiger partial charge in [-0.25, -0.2) is 9.07 Å². The van der Waals surface area contributed by atoms with Gasteiger partial charge in [0.05, 0.1) is 13.2 Å². The molecule has 1 saturated heterocycles. The van der Waals surface area contributed by atoms with Crippen molar-refractivity contribution in [1.82, 2.24) is 25.1 Å². The number of halogens is 2. The van der Waals surface area contributed by atoms with Crippen LogP contribution in [0.2, 0.25) is 0 Å². The van der Waals surface area contributed by atoms with Crippen molar-refractivity contribution >= 4 is 42.9 Å². The van der Waals surface area contributed by atoms with Crippen LogP contribution in [0.5, 0.6) is 0 Å². The van der Waals surface area contributed by atoms with Gasteiger partial charge in [-0.15, -0.1) is 17.5 Å². The summed E-state index contributed by atoms with van der Waals surface area (Å²) in [4.78, 5) is 26.7. The maximum atomic E-state index is 14.6. The van der Waals surface area contributed by atoms with E-state index in [0.717, 1.165) is 18.4 Å². The number of likely N-dealkylation sites (tertiary alicyclic amines) is 1. The minimum absolute atomic E-state index is 0. The number of tetrazole rings is 1. The zero-order chi connectivity index (χ0) is 22.0. The monoisotopic (exact) mass is 481 g/mol. The number of ketones is 1. The zero-order valence-electron chi connectivity index (χ0n) is 17.6. The maximum absolute atomic E-state index is 14.6. The third kappa shape index (κ3) is 5.36. The molecule has 1 saturated carbocycles. The molecule has 0 spiro atoms. The van der Waals surface area contributed by atoms with E-state index in [1.54, 1.807) is 24.3 Å². The first-order valence-corrected chi connectivity index (χ1v) is 10.7. The summed E-state index contributed by atoms with van der Waals surface area (Å²) in [5.41, 5.74) is 1.31. The van der Waals surface area contributed by atoms with Crippen LogP contribution in [0.4, 0.5) is 4.39 Å². The van der Waals surface area contributed by atoms with Crippen LogP contribution in [0.15, 0.2) is 29.8 Å². The number of thiol groups is 1. The van der Waals surface area contributed by atoms with Gasteiger partial charge >= 0.3 is 5.97 Å². The highest BCUT2D eigenvalue weighted by molar-refractivity contribution is 7.81. The molecule has 0 radical (unpaired) electrons. The number of nitrogens with zero attached hydrogens (tertiary/aromatic N) is 5. The summed E-state index contributed by atoms with van der Waals surface area (Å²) in [6.45, 7) is 0.939. The Labute approximate surface area is 197 Å². The molecule has 2 unspecified atom stereocenters. The summed E-state index contributed by atoms with van der Waals surface area (Å²) in [5, 5.41) is 11.4. The Morgan fingerprint density at radius 3 is 2.75 bits per heavy atom. The fraction of sp³-hybridized carbons (Fsp3) is 0.476. The smallest absolute Gasteiger partial charge is 0.327 e. The predicted octanol–water partition coefficient (Wildman–Crippen LogP) is 2.51. The summed E-state index contributed by atoms with van der Waals surface area (Å²) in [5.74, 6) is -0.371. The van der Waals surface area contributed by atoms with Gasteiger partial charge in [0.15, 0.2) is 11.6 Å². The summed E-state index contributed by atoms with van der Waals surface area (Å²) >= 11 is 4.69. The second-order valence-corrected chi connectivity index (χ2v) is 8.49. The standard InChI is InChI=1S/C21H24FN5O3S.ClH/c1-30-19(28)12-27-18(23-24-25-27)10-14-11-26(9-8-17(14)31)20(21(29)13-6-7-13)15-4-2-3-5-16(15)22;/h2-5,10,13,17,20,31H,6-9,11-12H2,1H3;1H/b14-10-;. The minimum Gasteiger partial charge on any atom is -0.468 e. The van der Waals surface area contributed by atoms with Crippen molar-refractivity contribution in [1.29, 1.82) is 0 Å². The highest BCUT2D eigenvalue weighted by Crippen LogP contribution is 2.39. The largest absolute Gasteiger partial charge is 0.468 e. The second kappa shape index (κ2) is 10.5. The lowest BCUT2D eigenvalue weighted by molar-refractivity contribution is -0.141. The molecule has 172 valence electrons. The fourth-order valence-electron chi connectivity index (χ4n) is 3.85. The molecule has 2 heterocycles. The Hall–Kier alpha value is -2.30. The molecule has 11 heteroatoms. The number of ether oxygens (including phenoxy) is 1. The number of methoxy groups -OCH3 is 1. The van der Waals surface area contributed by atoms with Crippen LogP contribution in [0.1, 0.15) is 36.7 Å². The van der Waals surface area contributed by atoms with Crippen LogP contribution in [-0.4, -0.2) is 62.3 Å². The molecule has 4 rings (SSSR count). The first-order valence-electron chi connectivity index (χ1n) is 10.2. The SMILES string of the molecule is COC(=O)Cn1nnnc1/C=C1/CN(C(C(=O)C2CC2)c2ccccc2F)CCC1S.Cl. The lowest BCUT2D eigenvalue weighted by atomic mass is 9.93. The van der Waals surface area contributed by atoms with E-state index in [4.69, 9.17) is 0 Å². The lowest BCUT2D eigenvalue weighted by Gasteiger charge is -2.37. The van der Waals surface area contributed by atoms with E-state index in [1.807, 2.05) is 4.90 Å². The Kier molecular flexibility index (Phi) is 8.02. The lowest BCUT2D eigenvalue weighted by Crippen LogP contribution is -2.42. The van der Waals surface area contributed by atoms with E-state index in [-0.39, 0.29) is 41.7 Å². The van der Waals surface area contributed by atoms with Crippen LogP contribution in [-0.2, 0) is 20.9 Å². The predicted molar refractivity (Wildman–Crippen MR) is 121 cm³/mol. The first-order chi connectivity index (χ1) is 15.0. The van der Waals surface area contributed by atoms with E-state index in [0.29, 0.717) is 30.9 Å². The number of rotatable bonds is 7. The summed E-state index contributed by atoms with van der Waals surface area (Å²) < 4.78 is 20.7. The number of piperidine rings is 1. The summed E-state index contributed by atoms with van der Waals surface area (Å²) in [6, 6.07) is 5.83. The molecule has 1 aromatic carbocycles. The van der Waals surface area contributed by atoms with Crippen molar-refractivity contribution < 1.29 is 18.7 Å². The molecule has 1 aliphatic heterocycles. The molecular formula is C21H25ClFN5O3S. The third-order valence-corrected chi connectivity index (χ3v) is 6.29. The van der Waals surface area contributed by atoms with Crippen LogP contribution in [0.25, 0.3) is 6.08 Å². The number of carbonyl (C=O) groups is 2. The molecule has 1 aromatic heterocycles. The van der Waals surface area contributed by atoms with Gasteiger partial charge in [0.2, 0.25) is 0 Å². The topological polar surface area (TPSA) is 90.2 Å². The molecule has 32 heavy (non-hydrogen) atoms. The Bertz CT molecular complexity index is 1010. The van der Waals surface area contributed by atoms with Crippen molar-refractivity contribution in [3.05, 3.63) is 47.0 Å². The van der Waals surface area contributed by atoms with Crippen molar-refractivity contribution in [3.8, 4) is 0 Å². The highest BCUT2D eigenvalue weighted by Gasteiger charge is 2.40. The molecule has 0 bridgehead atoms. The van der Waals surface area contributed by atoms with E-state index in [2.05, 4.69) is 32.9 Å². The van der Waals surface area contributed by atoms with Gasteiger partial charge in [-0.3, -0.25) is 14.5 Å². The zero-order valence-corrected chi connectivity index (χ0v) is 19.3. The Balaban J connectivity index is 0.00000289. The average Bonchev–Trinajstić information content (AvgIpc) is 3.53. The number of hydrogen-bond donors (Lipinski definition) is 1. The van der Waals surface area contributed by atoms with E-state index < -0.39 is 12.0 Å². The van der Waals surface area contributed by atoms with Crippen LogP contribution in [0, 0.1) is 11.7 Å². The van der Waals surface area contributed by atoms with Gasteiger partial charge in [-0.1, -0.05) is 18.2 Å². The second-order valence-electron chi connectivity index (χ2n) is 7.87. The summed E-state index contributed by atoms with van der Waals surface area (Å²) in [6.07, 6.45) is 4.19. The normalized spacial score (nSPS) is 21.1. The van der Waals surface area contributed by atoms with Gasteiger partial charge in [-0.05, 0) is 47.4 Å². The fourth-order valence-corrected chi connectivity index (χ4v) is 4.12. The molecule has 2 atom stereocenters. The van der Waals surface area contributed by atoms with Gasteiger partial charge in [0.1, 0.15) is 12.4 Å². The van der Waals surface area contributed by atoms with Crippen molar-refractivity contribution in [2.24, 2.45) is 5.92 Å². The number of aromatic nitrogens is 4. The first kappa shape index (κ1) is 24.3. The number of hydrogen-bond acceptors (Lipinski definition) is 8. The molecule has 2 aliphatic rings. The Morgan fingerprint density at radius 1 is 1.31 bits per heavy atom. The van der Waals surface area contributed by atoms with Crippen LogP contribution in [0.3, 0.4) is 0 Å². The van der Waals surface area contributed by atoms with E-state index in [1.165, 1.54) is 17.9 Å². The van der Waals surface area contributed by atoms with Crippen molar-refractivity contribution in [3.63, 3.8) is 0 Å². The van der Waals surface area contributed by atoms with Crippen molar-refractivity contribution in [2.75, 3.05) is 20.2 Å². The Morgan fingerprint density at radius 2 is 2.06 bits per heavy atom. The van der Waals surface area contributed by atoms with Gasteiger partial charge < -0.3 is 4.74 Å². The van der Waals surface area contributed by atoms with Gasteiger partial charge in [-0.2, -0.15) is 12.6 Å². The highest BCUT2D eigenvalue weighted by atomic mass is 35.5. The molecule has 0 N–H and O–H groups in total. The molecular weight excluding hydrogens is 457 g/mol. The number of Topliss-reactive ketones (excluding diaryl/α,β-unsaturated/α-hetero) is 1. The molecule has 2 fully saturated rings.